The molecule has 2 heterocycles. The topological polar surface area (TPSA) is 75.8 Å². The van der Waals surface area contributed by atoms with Crippen LogP contribution >= 0.6 is 39.1 Å². The lowest BCUT2D eigenvalue weighted by Crippen LogP contribution is -2.42. The Morgan fingerprint density at radius 1 is 1.23 bits per heavy atom. The Hall–Kier alpha value is -2.58. The second-order valence-corrected chi connectivity index (χ2v) is 8.07. The summed E-state index contributed by atoms with van der Waals surface area (Å²) >= 11 is 15.1. The second-order valence-electron chi connectivity index (χ2n) is 6.43. The molecule has 1 aliphatic heterocycles. The first-order valence-corrected chi connectivity index (χ1v) is 9.99. The van der Waals surface area contributed by atoms with Gasteiger partial charge < -0.3 is 0 Å². The van der Waals surface area contributed by atoms with Gasteiger partial charge in [0.15, 0.2) is 0 Å². The largest absolute Gasteiger partial charge is 0.428 e. The molecule has 3 aromatic rings. The number of halogens is 6. The van der Waals surface area contributed by atoms with Crippen LogP contribution in [-0.4, -0.2) is 20.9 Å². The lowest BCUT2D eigenvalue weighted by Gasteiger charge is -2.29. The maximum atomic E-state index is 14.2. The van der Waals surface area contributed by atoms with Crippen LogP contribution in [0.15, 0.2) is 53.5 Å². The molecule has 0 amide bonds. The molecule has 0 radical (unpaired) electrons. The highest BCUT2D eigenvalue weighted by Crippen LogP contribution is 2.49. The summed E-state index contributed by atoms with van der Waals surface area (Å²) in [6.07, 6.45) is -1.23. The first-order chi connectivity index (χ1) is 14.7. The van der Waals surface area contributed by atoms with Crippen molar-refractivity contribution in [3.8, 4) is 11.8 Å². The molecular weight excluding hydrogens is 522 g/mol. The summed E-state index contributed by atoms with van der Waals surface area (Å²) in [4.78, 5) is 8.91. The van der Waals surface area contributed by atoms with Crippen LogP contribution in [0.4, 0.5) is 13.2 Å². The number of nitrogens with one attached hydrogen (secondary N) is 1. The molecule has 6 nitrogen and oxygen atoms in total. The molecule has 2 aromatic carbocycles. The first kappa shape index (κ1) is 21.6. The molecule has 0 aliphatic carbocycles. The quantitative estimate of drug-likeness (QED) is 0.450. The van der Waals surface area contributed by atoms with Crippen molar-refractivity contribution in [1.82, 2.24) is 20.2 Å². The predicted molar refractivity (Wildman–Crippen MR) is 110 cm³/mol. The summed E-state index contributed by atoms with van der Waals surface area (Å²) in [5.74, 6) is 0. The van der Waals surface area contributed by atoms with Crippen LogP contribution in [0.3, 0.4) is 0 Å². The molecule has 1 aliphatic rings. The van der Waals surface area contributed by atoms with Crippen molar-refractivity contribution in [3.63, 3.8) is 0 Å². The SMILES string of the molecule is N#Cc1cc(C2=CC(c3cc(Cl)c(Cl)c(Br)c3)(C(F)(F)F)ON2)ccc1-n1cncn1. The highest BCUT2D eigenvalue weighted by molar-refractivity contribution is 9.10. The van der Waals surface area contributed by atoms with Gasteiger partial charge in [0.1, 0.15) is 18.7 Å². The van der Waals surface area contributed by atoms with E-state index in [0.717, 1.165) is 12.1 Å². The summed E-state index contributed by atoms with van der Waals surface area (Å²) in [6.45, 7) is 0. The molecule has 1 N–H and O–H groups in total. The van der Waals surface area contributed by atoms with Crippen molar-refractivity contribution in [1.29, 1.82) is 5.26 Å². The zero-order valence-corrected chi connectivity index (χ0v) is 18.2. The Morgan fingerprint density at radius 3 is 2.61 bits per heavy atom. The molecule has 0 saturated carbocycles. The van der Waals surface area contributed by atoms with Gasteiger partial charge in [-0.2, -0.15) is 23.5 Å². The number of hydrogen-bond donors (Lipinski definition) is 1. The third-order valence-electron chi connectivity index (χ3n) is 4.60. The van der Waals surface area contributed by atoms with E-state index in [4.69, 9.17) is 28.0 Å². The summed E-state index contributed by atoms with van der Waals surface area (Å²) < 4.78 is 44.1. The Morgan fingerprint density at radius 2 is 2.00 bits per heavy atom. The maximum absolute atomic E-state index is 14.2. The van der Waals surface area contributed by atoms with Gasteiger partial charge in [-0.3, -0.25) is 10.3 Å². The Kier molecular flexibility index (Phi) is 5.47. The maximum Gasteiger partial charge on any atom is 0.428 e. The normalized spacial score (nSPS) is 18.4. The van der Waals surface area contributed by atoms with Gasteiger partial charge in [-0.15, -0.1) is 0 Å². The van der Waals surface area contributed by atoms with Crippen LogP contribution in [0.2, 0.25) is 10.0 Å². The van der Waals surface area contributed by atoms with Gasteiger partial charge in [0.2, 0.25) is 5.60 Å². The number of rotatable bonds is 3. The average Bonchev–Trinajstić information content (AvgIpc) is 3.41. The number of hydroxylamine groups is 1. The lowest BCUT2D eigenvalue weighted by molar-refractivity contribution is -0.269. The standard InChI is InChI=1S/C19H9BrCl2F3N5O/c20-13-4-12(5-14(21)17(13)22)18(19(23,24)25)6-15(29-31-18)10-1-2-16(11(3-10)7-26)30-9-27-8-28-30/h1-6,8-9,29H. The summed E-state index contributed by atoms with van der Waals surface area (Å²) in [7, 11) is 0. The molecule has 1 unspecified atom stereocenters. The van der Waals surface area contributed by atoms with Gasteiger partial charge >= 0.3 is 6.18 Å². The van der Waals surface area contributed by atoms with Crippen LogP contribution in [0.5, 0.6) is 0 Å². The minimum Gasteiger partial charge on any atom is -0.265 e. The van der Waals surface area contributed by atoms with E-state index in [1.54, 1.807) is 6.07 Å². The van der Waals surface area contributed by atoms with Crippen LogP contribution in [0.25, 0.3) is 11.4 Å². The minimum absolute atomic E-state index is 0.0289. The van der Waals surface area contributed by atoms with E-state index >= 15 is 0 Å². The van der Waals surface area contributed by atoms with Crippen molar-refractivity contribution in [2.45, 2.75) is 11.8 Å². The second kappa shape index (κ2) is 7.84. The predicted octanol–water partition coefficient (Wildman–Crippen LogP) is 5.54. The number of nitriles is 1. The lowest BCUT2D eigenvalue weighted by atomic mass is 9.91. The molecule has 0 bridgehead atoms. The molecule has 12 heteroatoms. The third kappa shape index (κ3) is 3.68. The smallest absolute Gasteiger partial charge is 0.265 e. The average molecular weight is 531 g/mol. The molecule has 158 valence electrons. The Bertz CT molecular complexity index is 1220. The van der Waals surface area contributed by atoms with Crippen molar-refractivity contribution < 1.29 is 18.0 Å². The van der Waals surface area contributed by atoms with Gasteiger partial charge in [-0.25, -0.2) is 9.67 Å². The monoisotopic (exact) mass is 529 g/mol. The van der Waals surface area contributed by atoms with E-state index in [9.17, 15) is 18.4 Å². The fraction of sp³-hybridized carbons (Fsp3) is 0.105. The van der Waals surface area contributed by atoms with Crippen molar-refractivity contribution in [2.75, 3.05) is 0 Å². The zero-order chi connectivity index (χ0) is 22.4. The van der Waals surface area contributed by atoms with Crippen molar-refractivity contribution >= 4 is 44.8 Å². The van der Waals surface area contributed by atoms with Gasteiger partial charge in [0.25, 0.3) is 0 Å². The molecule has 31 heavy (non-hydrogen) atoms. The van der Waals surface area contributed by atoms with Gasteiger partial charge in [-0.1, -0.05) is 29.3 Å². The first-order valence-electron chi connectivity index (χ1n) is 8.44. The number of nitrogens with zero attached hydrogens (tertiary/aromatic N) is 4. The van der Waals surface area contributed by atoms with Crippen LogP contribution in [0, 0.1) is 11.3 Å². The van der Waals surface area contributed by atoms with E-state index in [1.807, 2.05) is 6.07 Å². The van der Waals surface area contributed by atoms with E-state index in [-0.39, 0.29) is 31.3 Å². The highest BCUT2D eigenvalue weighted by Gasteiger charge is 2.59. The fourth-order valence-electron chi connectivity index (χ4n) is 3.08. The van der Waals surface area contributed by atoms with Gasteiger partial charge in [0, 0.05) is 15.6 Å². The van der Waals surface area contributed by atoms with Crippen LogP contribution < -0.4 is 5.48 Å². The Labute approximate surface area is 191 Å². The number of hydrogen-bond acceptors (Lipinski definition) is 5. The van der Waals surface area contributed by atoms with Gasteiger partial charge in [-0.05, 0) is 46.3 Å². The van der Waals surface area contributed by atoms with E-state index < -0.39 is 11.8 Å². The van der Waals surface area contributed by atoms with E-state index in [1.165, 1.54) is 35.5 Å². The van der Waals surface area contributed by atoms with Crippen molar-refractivity contribution in [2.24, 2.45) is 0 Å². The minimum atomic E-state index is -4.84. The molecule has 0 saturated heterocycles. The number of benzene rings is 2. The number of aromatic nitrogens is 3. The summed E-state index contributed by atoms with van der Waals surface area (Å²) in [5.41, 5.74) is 0.193. The zero-order valence-electron chi connectivity index (χ0n) is 15.1. The molecule has 4 rings (SSSR count). The van der Waals surface area contributed by atoms with Crippen molar-refractivity contribution in [3.05, 3.63) is 80.3 Å². The Balaban J connectivity index is 1.83. The van der Waals surface area contributed by atoms with E-state index in [2.05, 4.69) is 31.5 Å². The van der Waals surface area contributed by atoms with Crippen LogP contribution in [-0.2, 0) is 10.4 Å². The van der Waals surface area contributed by atoms with Crippen LogP contribution in [0.1, 0.15) is 16.7 Å². The number of alkyl halides is 3. The highest BCUT2D eigenvalue weighted by atomic mass is 79.9. The summed E-state index contributed by atoms with van der Waals surface area (Å²) in [5, 5.41) is 13.5. The molecule has 0 spiro atoms. The molecular formula is C19H9BrCl2F3N5O. The van der Waals surface area contributed by atoms with E-state index in [0.29, 0.717) is 11.3 Å². The van der Waals surface area contributed by atoms with Gasteiger partial charge in [0.05, 0.1) is 27.0 Å². The fourth-order valence-corrected chi connectivity index (χ4v) is 3.98. The molecule has 0 fully saturated rings. The molecule has 1 aromatic heterocycles. The third-order valence-corrected chi connectivity index (χ3v) is 6.25. The summed E-state index contributed by atoms with van der Waals surface area (Å²) in [6, 6.07) is 8.81. The molecule has 1 atom stereocenters.